The first kappa shape index (κ1) is 16.2. The quantitative estimate of drug-likeness (QED) is 0.631. The highest BCUT2D eigenvalue weighted by Gasteiger charge is 2.19. The Hall–Kier alpha value is -2.14. The van der Waals surface area contributed by atoms with Crippen LogP contribution in [0.1, 0.15) is 36.7 Å². The molecule has 118 valence electrons. The van der Waals surface area contributed by atoms with Crippen molar-refractivity contribution >= 4 is 22.6 Å². The van der Waals surface area contributed by atoms with Gasteiger partial charge in [-0.05, 0) is 26.3 Å². The number of para-hydroxylation sites is 1. The summed E-state index contributed by atoms with van der Waals surface area (Å²) in [5.41, 5.74) is 1.54. The molecular weight excluding hydrogens is 280 g/mol. The number of nitrogens with one attached hydrogen (secondary N) is 1. The third-order valence-corrected chi connectivity index (χ3v) is 3.74. The van der Waals surface area contributed by atoms with Crippen LogP contribution in [0.5, 0.6) is 0 Å². The maximum Gasteiger partial charge on any atom is 0.242 e. The van der Waals surface area contributed by atoms with Gasteiger partial charge in [0, 0.05) is 42.9 Å². The van der Waals surface area contributed by atoms with Crippen molar-refractivity contribution in [1.29, 1.82) is 0 Å². The molecule has 1 aromatic heterocycles. The average Bonchev–Trinajstić information content (AvgIpc) is 2.90. The van der Waals surface area contributed by atoms with Gasteiger partial charge in [0.15, 0.2) is 5.78 Å². The monoisotopic (exact) mass is 302 g/mol. The standard InChI is InChI=1S/C17H22N2O3/c1-12(17(21)18-9-6-10-22-3)19-11-15(13(2)20)14-7-4-5-8-16(14)19/h4-5,7-8,11-12H,6,9-10H2,1-3H3,(H,18,21)/t12-/m0/s1. The summed E-state index contributed by atoms with van der Waals surface area (Å²) in [4.78, 5) is 24.1. The SMILES string of the molecule is COCCCNC(=O)[C@H](C)n1cc(C(C)=O)c2ccccc21. The molecule has 0 aliphatic heterocycles. The Morgan fingerprint density at radius 1 is 1.32 bits per heavy atom. The van der Waals surface area contributed by atoms with Crippen molar-refractivity contribution in [3.63, 3.8) is 0 Å². The number of ether oxygens (including phenoxy) is 1. The first-order chi connectivity index (χ1) is 10.6. The molecule has 0 aliphatic rings. The summed E-state index contributed by atoms with van der Waals surface area (Å²) in [6, 6.07) is 7.27. The number of carbonyl (C=O) groups excluding carboxylic acids is 2. The first-order valence-corrected chi connectivity index (χ1v) is 7.43. The highest BCUT2D eigenvalue weighted by atomic mass is 16.5. The Kier molecular flexibility index (Phi) is 5.33. The second kappa shape index (κ2) is 7.22. The highest BCUT2D eigenvalue weighted by Crippen LogP contribution is 2.25. The summed E-state index contributed by atoms with van der Waals surface area (Å²) >= 11 is 0. The number of rotatable bonds is 7. The molecule has 0 saturated carbocycles. The Morgan fingerprint density at radius 2 is 2.05 bits per heavy atom. The van der Waals surface area contributed by atoms with Crippen LogP contribution in [0.3, 0.4) is 0 Å². The van der Waals surface area contributed by atoms with Crippen molar-refractivity contribution in [2.24, 2.45) is 0 Å². The van der Waals surface area contributed by atoms with Crippen molar-refractivity contribution in [3.05, 3.63) is 36.0 Å². The van der Waals surface area contributed by atoms with Crippen LogP contribution in [-0.4, -0.2) is 36.5 Å². The minimum absolute atomic E-state index is 0.00246. The highest BCUT2D eigenvalue weighted by molar-refractivity contribution is 6.07. The Morgan fingerprint density at radius 3 is 2.73 bits per heavy atom. The van der Waals surface area contributed by atoms with Gasteiger partial charge >= 0.3 is 0 Å². The number of benzene rings is 1. The van der Waals surface area contributed by atoms with Crippen LogP contribution >= 0.6 is 0 Å². The first-order valence-electron chi connectivity index (χ1n) is 7.43. The van der Waals surface area contributed by atoms with Crippen LogP contribution in [-0.2, 0) is 9.53 Å². The molecule has 0 aliphatic carbocycles. The van der Waals surface area contributed by atoms with Gasteiger partial charge in [-0.25, -0.2) is 0 Å². The molecule has 22 heavy (non-hydrogen) atoms. The Balaban J connectivity index is 2.22. The molecular formula is C17H22N2O3. The number of aromatic nitrogens is 1. The largest absolute Gasteiger partial charge is 0.385 e. The lowest BCUT2D eigenvalue weighted by molar-refractivity contribution is -0.123. The molecule has 0 unspecified atom stereocenters. The molecule has 5 nitrogen and oxygen atoms in total. The summed E-state index contributed by atoms with van der Waals surface area (Å²) < 4.78 is 6.82. The zero-order valence-corrected chi connectivity index (χ0v) is 13.3. The molecule has 5 heteroatoms. The van der Waals surface area contributed by atoms with E-state index in [-0.39, 0.29) is 17.7 Å². The van der Waals surface area contributed by atoms with E-state index < -0.39 is 0 Å². The third-order valence-electron chi connectivity index (χ3n) is 3.74. The molecule has 1 N–H and O–H groups in total. The molecule has 0 bridgehead atoms. The van der Waals surface area contributed by atoms with E-state index >= 15 is 0 Å². The van der Waals surface area contributed by atoms with Gasteiger partial charge in [-0.15, -0.1) is 0 Å². The van der Waals surface area contributed by atoms with Crippen LogP contribution in [0.25, 0.3) is 10.9 Å². The van der Waals surface area contributed by atoms with E-state index in [4.69, 9.17) is 4.74 Å². The van der Waals surface area contributed by atoms with Crippen molar-refractivity contribution in [2.45, 2.75) is 26.3 Å². The molecule has 0 spiro atoms. The summed E-state index contributed by atoms with van der Waals surface area (Å²) in [5, 5.41) is 3.78. The summed E-state index contributed by atoms with van der Waals surface area (Å²) in [5.74, 6) is -0.0605. The number of nitrogens with zero attached hydrogens (tertiary/aromatic N) is 1. The van der Waals surface area contributed by atoms with Crippen LogP contribution in [0.4, 0.5) is 0 Å². The minimum atomic E-state index is -0.374. The van der Waals surface area contributed by atoms with Gasteiger partial charge in [0.05, 0.1) is 0 Å². The number of fused-ring (bicyclic) bond motifs is 1. The zero-order valence-electron chi connectivity index (χ0n) is 13.3. The van der Waals surface area contributed by atoms with Crippen LogP contribution < -0.4 is 5.32 Å². The molecule has 0 fully saturated rings. The lowest BCUT2D eigenvalue weighted by atomic mass is 10.1. The van der Waals surface area contributed by atoms with Crippen LogP contribution in [0.2, 0.25) is 0 Å². The fourth-order valence-corrected chi connectivity index (χ4v) is 2.51. The summed E-state index contributed by atoms with van der Waals surface area (Å²) in [7, 11) is 1.64. The second-order valence-electron chi connectivity index (χ2n) is 5.34. The van der Waals surface area contributed by atoms with Gasteiger partial charge in [-0.2, -0.15) is 0 Å². The number of amides is 1. The molecule has 1 aromatic carbocycles. The van der Waals surface area contributed by atoms with Gasteiger partial charge in [-0.1, -0.05) is 18.2 Å². The predicted octanol–water partition coefficient (Wildman–Crippen LogP) is 2.56. The van der Waals surface area contributed by atoms with Crippen molar-refractivity contribution in [1.82, 2.24) is 9.88 Å². The van der Waals surface area contributed by atoms with E-state index in [1.807, 2.05) is 35.8 Å². The van der Waals surface area contributed by atoms with E-state index in [2.05, 4.69) is 5.32 Å². The van der Waals surface area contributed by atoms with Crippen molar-refractivity contribution in [3.8, 4) is 0 Å². The predicted molar refractivity (Wildman–Crippen MR) is 86.2 cm³/mol. The normalized spacial score (nSPS) is 12.3. The van der Waals surface area contributed by atoms with E-state index in [0.717, 1.165) is 17.3 Å². The topological polar surface area (TPSA) is 60.3 Å². The smallest absolute Gasteiger partial charge is 0.242 e. The van der Waals surface area contributed by atoms with Gasteiger partial charge in [0.1, 0.15) is 6.04 Å². The maximum absolute atomic E-state index is 12.3. The fourth-order valence-electron chi connectivity index (χ4n) is 2.51. The summed E-state index contributed by atoms with van der Waals surface area (Å²) in [6.45, 7) is 4.58. The Labute approximate surface area is 130 Å². The molecule has 2 rings (SSSR count). The van der Waals surface area contributed by atoms with Crippen LogP contribution in [0, 0.1) is 0 Å². The molecule has 0 radical (unpaired) electrons. The van der Waals surface area contributed by atoms with Crippen molar-refractivity contribution < 1.29 is 14.3 Å². The number of methoxy groups -OCH3 is 1. The number of carbonyl (C=O) groups is 2. The lowest BCUT2D eigenvalue weighted by Gasteiger charge is -2.15. The molecule has 1 amide bonds. The minimum Gasteiger partial charge on any atom is -0.385 e. The number of Topliss-reactive ketones (excluding diaryl/α,β-unsaturated/α-hetero) is 1. The number of hydrogen-bond acceptors (Lipinski definition) is 3. The summed E-state index contributed by atoms with van der Waals surface area (Å²) in [6.07, 6.45) is 2.55. The van der Waals surface area contributed by atoms with Crippen LogP contribution in [0.15, 0.2) is 30.5 Å². The maximum atomic E-state index is 12.3. The zero-order chi connectivity index (χ0) is 16.1. The van der Waals surface area contributed by atoms with E-state index in [9.17, 15) is 9.59 Å². The third kappa shape index (κ3) is 3.36. The molecule has 1 atom stereocenters. The van der Waals surface area contributed by atoms with Gasteiger partial charge in [-0.3, -0.25) is 9.59 Å². The van der Waals surface area contributed by atoms with Gasteiger partial charge in [0.25, 0.3) is 0 Å². The van der Waals surface area contributed by atoms with Gasteiger partial charge < -0.3 is 14.6 Å². The number of ketones is 1. The van der Waals surface area contributed by atoms with Gasteiger partial charge in [0.2, 0.25) is 5.91 Å². The molecule has 1 heterocycles. The lowest BCUT2D eigenvalue weighted by Crippen LogP contribution is -2.31. The van der Waals surface area contributed by atoms with Crippen molar-refractivity contribution in [2.75, 3.05) is 20.3 Å². The number of hydrogen-bond donors (Lipinski definition) is 1. The van der Waals surface area contributed by atoms with E-state index in [0.29, 0.717) is 18.7 Å². The Bertz CT molecular complexity index is 676. The molecule has 0 saturated heterocycles. The molecule has 2 aromatic rings. The van der Waals surface area contributed by atoms with E-state index in [1.54, 1.807) is 20.2 Å². The fraction of sp³-hybridized carbons (Fsp3) is 0.412. The second-order valence-corrected chi connectivity index (χ2v) is 5.34. The average molecular weight is 302 g/mol. The van der Waals surface area contributed by atoms with E-state index in [1.165, 1.54) is 0 Å².